The molecule has 1 aliphatic heterocycles. The maximum atomic E-state index is 12.9. The van der Waals surface area contributed by atoms with E-state index in [4.69, 9.17) is 16.3 Å². The molecule has 0 spiro atoms. The average molecular weight is 385 g/mol. The zero-order valence-corrected chi connectivity index (χ0v) is 14.6. The van der Waals surface area contributed by atoms with Crippen LogP contribution in [0.4, 0.5) is 23.7 Å². The minimum Gasteiger partial charge on any atom is -0.497 e. The van der Waals surface area contributed by atoms with Gasteiger partial charge in [0.2, 0.25) is 0 Å². The topological polar surface area (TPSA) is 41.6 Å². The van der Waals surface area contributed by atoms with Gasteiger partial charge in [0.1, 0.15) is 5.75 Å². The summed E-state index contributed by atoms with van der Waals surface area (Å²) in [7, 11) is 1.59. The molecule has 0 unspecified atom stereocenters. The van der Waals surface area contributed by atoms with Gasteiger partial charge in [-0.15, -0.1) is 0 Å². The molecule has 0 aliphatic carbocycles. The van der Waals surface area contributed by atoms with Crippen LogP contribution in [0, 0.1) is 0 Å². The Morgan fingerprint density at radius 1 is 1.19 bits per heavy atom. The zero-order valence-electron chi connectivity index (χ0n) is 13.9. The van der Waals surface area contributed by atoms with Crippen LogP contribution in [0.2, 0.25) is 5.02 Å². The molecule has 0 bridgehead atoms. The third-order valence-electron chi connectivity index (χ3n) is 4.24. The number of hydrogen-bond donors (Lipinski definition) is 1. The van der Waals surface area contributed by atoms with E-state index in [9.17, 15) is 18.0 Å². The van der Waals surface area contributed by atoms with Crippen molar-refractivity contribution in [1.82, 2.24) is 4.90 Å². The molecule has 2 aromatic carbocycles. The molecule has 138 valence electrons. The van der Waals surface area contributed by atoms with Crippen LogP contribution in [0.1, 0.15) is 16.7 Å². The average Bonchev–Trinajstić information content (AvgIpc) is 2.61. The summed E-state index contributed by atoms with van der Waals surface area (Å²) in [6, 6.07) is 8.48. The van der Waals surface area contributed by atoms with Crippen LogP contribution in [-0.2, 0) is 19.1 Å². The van der Waals surface area contributed by atoms with E-state index < -0.39 is 22.8 Å². The highest BCUT2D eigenvalue weighted by atomic mass is 35.5. The van der Waals surface area contributed by atoms with Gasteiger partial charge in [0.25, 0.3) is 0 Å². The Labute approximate surface area is 153 Å². The lowest BCUT2D eigenvalue weighted by Crippen LogP contribution is -2.38. The zero-order chi connectivity index (χ0) is 18.9. The third kappa shape index (κ3) is 3.88. The van der Waals surface area contributed by atoms with Crippen LogP contribution in [-0.4, -0.2) is 24.6 Å². The van der Waals surface area contributed by atoms with Gasteiger partial charge in [-0.2, -0.15) is 13.2 Å². The number of benzene rings is 2. The molecule has 0 saturated heterocycles. The maximum Gasteiger partial charge on any atom is 0.417 e. The second-order valence-corrected chi connectivity index (χ2v) is 6.34. The van der Waals surface area contributed by atoms with Crippen molar-refractivity contribution in [1.29, 1.82) is 0 Å². The van der Waals surface area contributed by atoms with E-state index in [0.29, 0.717) is 19.5 Å². The lowest BCUT2D eigenvalue weighted by atomic mass is 10.00. The first kappa shape index (κ1) is 18.4. The first-order chi connectivity index (χ1) is 12.3. The molecule has 0 saturated carbocycles. The number of hydrogen-bond acceptors (Lipinski definition) is 2. The molecule has 0 atom stereocenters. The number of ether oxygens (including phenoxy) is 1. The molecule has 2 aromatic rings. The second-order valence-electron chi connectivity index (χ2n) is 5.93. The number of amides is 2. The molecule has 0 radical (unpaired) electrons. The Kier molecular flexibility index (Phi) is 5.00. The van der Waals surface area contributed by atoms with E-state index in [1.165, 1.54) is 6.07 Å². The van der Waals surface area contributed by atoms with Gasteiger partial charge in [-0.1, -0.05) is 17.7 Å². The van der Waals surface area contributed by atoms with Crippen molar-refractivity contribution < 1.29 is 22.7 Å². The molecule has 1 aliphatic rings. The fraction of sp³-hybridized carbons (Fsp3) is 0.278. The lowest BCUT2D eigenvalue weighted by molar-refractivity contribution is -0.137. The van der Waals surface area contributed by atoms with E-state index in [1.54, 1.807) is 12.0 Å². The summed E-state index contributed by atoms with van der Waals surface area (Å²) in [6.45, 7) is 0.844. The van der Waals surface area contributed by atoms with E-state index in [2.05, 4.69) is 5.32 Å². The first-order valence-electron chi connectivity index (χ1n) is 7.86. The van der Waals surface area contributed by atoms with Crippen LogP contribution in [0.5, 0.6) is 5.75 Å². The Hall–Kier alpha value is -2.41. The van der Waals surface area contributed by atoms with Gasteiger partial charge in [-0.3, -0.25) is 0 Å². The van der Waals surface area contributed by atoms with Crippen LogP contribution < -0.4 is 10.1 Å². The summed E-state index contributed by atoms with van der Waals surface area (Å²) in [5.41, 5.74) is 1.15. The van der Waals surface area contributed by atoms with E-state index >= 15 is 0 Å². The molecule has 4 nitrogen and oxygen atoms in total. The molecule has 1 N–H and O–H groups in total. The molecular weight excluding hydrogens is 369 g/mol. The minimum atomic E-state index is -4.58. The number of carbonyl (C=O) groups excluding carboxylic acids is 1. The number of urea groups is 1. The van der Waals surface area contributed by atoms with Crippen LogP contribution in [0.15, 0.2) is 36.4 Å². The number of alkyl halides is 3. The van der Waals surface area contributed by atoms with Gasteiger partial charge >= 0.3 is 12.2 Å². The highest BCUT2D eigenvalue weighted by molar-refractivity contribution is 6.31. The summed E-state index contributed by atoms with van der Waals surface area (Å²) in [6.07, 6.45) is -3.94. The number of methoxy groups -OCH3 is 1. The van der Waals surface area contributed by atoms with Crippen molar-refractivity contribution >= 4 is 23.3 Å². The predicted molar refractivity (Wildman–Crippen MR) is 92.6 cm³/mol. The number of carbonyl (C=O) groups is 1. The minimum absolute atomic E-state index is 0.0484. The van der Waals surface area contributed by atoms with Crippen molar-refractivity contribution in [2.45, 2.75) is 19.1 Å². The normalized spacial score (nSPS) is 14.0. The quantitative estimate of drug-likeness (QED) is 0.795. The van der Waals surface area contributed by atoms with Crippen LogP contribution >= 0.6 is 11.6 Å². The monoisotopic (exact) mass is 384 g/mol. The number of nitrogens with one attached hydrogen (secondary N) is 1. The largest absolute Gasteiger partial charge is 0.497 e. The lowest BCUT2D eigenvalue weighted by Gasteiger charge is -2.29. The van der Waals surface area contributed by atoms with Gasteiger partial charge in [-0.05, 0) is 47.9 Å². The van der Waals surface area contributed by atoms with Gasteiger partial charge in [0.05, 0.1) is 17.7 Å². The maximum absolute atomic E-state index is 12.9. The standard InChI is InChI=1S/C18H16ClF3N2O2/c1-26-14-4-2-12-10-24(7-6-11(12)8-14)17(25)23-13-3-5-16(19)15(9-13)18(20,21)22/h2-5,8-9H,6-7,10H2,1H3,(H,23,25). The Morgan fingerprint density at radius 3 is 2.65 bits per heavy atom. The number of anilines is 1. The second kappa shape index (κ2) is 7.07. The van der Waals surface area contributed by atoms with Crippen molar-refractivity contribution in [2.75, 3.05) is 19.0 Å². The molecule has 0 aromatic heterocycles. The number of rotatable bonds is 2. The molecule has 2 amide bonds. The van der Waals surface area contributed by atoms with Gasteiger partial charge in [0.15, 0.2) is 0 Å². The molecule has 8 heteroatoms. The van der Waals surface area contributed by atoms with Crippen molar-refractivity contribution in [3.8, 4) is 5.75 Å². The Balaban J connectivity index is 1.73. The van der Waals surface area contributed by atoms with Crippen LogP contribution in [0.25, 0.3) is 0 Å². The highest BCUT2D eigenvalue weighted by Gasteiger charge is 2.33. The Morgan fingerprint density at radius 2 is 1.96 bits per heavy atom. The number of halogens is 4. The molecule has 1 heterocycles. The van der Waals surface area contributed by atoms with E-state index in [-0.39, 0.29) is 5.69 Å². The van der Waals surface area contributed by atoms with Crippen molar-refractivity contribution in [2.24, 2.45) is 0 Å². The van der Waals surface area contributed by atoms with Gasteiger partial charge in [0, 0.05) is 18.8 Å². The smallest absolute Gasteiger partial charge is 0.417 e. The first-order valence-corrected chi connectivity index (χ1v) is 8.24. The van der Waals surface area contributed by atoms with Crippen molar-refractivity contribution in [3.63, 3.8) is 0 Å². The third-order valence-corrected chi connectivity index (χ3v) is 4.57. The molecule has 26 heavy (non-hydrogen) atoms. The molecule has 0 fully saturated rings. The molecule has 3 rings (SSSR count). The predicted octanol–water partition coefficient (Wildman–Crippen LogP) is 4.96. The van der Waals surface area contributed by atoms with Crippen LogP contribution in [0.3, 0.4) is 0 Å². The van der Waals surface area contributed by atoms with E-state index in [1.807, 2.05) is 18.2 Å². The summed E-state index contributed by atoms with van der Waals surface area (Å²) in [5.74, 6) is 0.752. The summed E-state index contributed by atoms with van der Waals surface area (Å²) >= 11 is 5.59. The fourth-order valence-electron chi connectivity index (χ4n) is 2.85. The molecular formula is C18H16ClF3N2O2. The fourth-order valence-corrected chi connectivity index (χ4v) is 3.08. The van der Waals surface area contributed by atoms with E-state index in [0.717, 1.165) is 29.0 Å². The SMILES string of the molecule is COc1ccc2c(c1)CCN(C(=O)Nc1ccc(Cl)c(C(F)(F)F)c1)C2. The number of fused-ring (bicyclic) bond motifs is 1. The van der Waals surface area contributed by atoms with Crippen molar-refractivity contribution in [3.05, 3.63) is 58.1 Å². The number of nitrogens with zero attached hydrogens (tertiary/aromatic N) is 1. The highest BCUT2D eigenvalue weighted by Crippen LogP contribution is 2.36. The summed E-state index contributed by atoms with van der Waals surface area (Å²) in [4.78, 5) is 14.0. The van der Waals surface area contributed by atoms with Gasteiger partial charge in [-0.25, -0.2) is 4.79 Å². The summed E-state index contributed by atoms with van der Waals surface area (Å²) in [5, 5.41) is 2.10. The summed E-state index contributed by atoms with van der Waals surface area (Å²) < 4.78 is 44.0. The Bertz CT molecular complexity index is 840. The van der Waals surface area contributed by atoms with Gasteiger partial charge < -0.3 is 15.0 Å².